The maximum Gasteiger partial charge on any atom is 0.110 e. The Balaban J connectivity index is 1.91. The van der Waals surface area contributed by atoms with Crippen molar-refractivity contribution < 1.29 is 14.0 Å². The minimum absolute atomic E-state index is 0.0157. The summed E-state index contributed by atoms with van der Waals surface area (Å²) in [7, 11) is 2.37. The number of nitrogens with zero attached hydrogens (tertiary/aromatic N) is 2. The largest absolute Gasteiger partial charge is 0.372 e. The van der Waals surface area contributed by atoms with E-state index in [0.717, 1.165) is 50.4 Å². The fourth-order valence-electron chi connectivity index (χ4n) is 3.31. The van der Waals surface area contributed by atoms with Crippen LogP contribution < -0.4 is 0 Å². The molecule has 0 aromatic rings. The first-order valence-corrected chi connectivity index (χ1v) is 8.15. The van der Waals surface area contributed by atoms with Gasteiger partial charge in [0.05, 0.1) is 39.0 Å². The fraction of sp³-hybridized carbons (Fsp3) is 1.00. The molecule has 20 heavy (non-hydrogen) atoms. The summed E-state index contributed by atoms with van der Waals surface area (Å²) in [6.45, 7) is 16.3. The molecule has 0 bridgehead atoms. The Morgan fingerprint density at radius 3 is 2.75 bits per heavy atom. The zero-order chi connectivity index (χ0) is 14.8. The third kappa shape index (κ3) is 3.73. The second kappa shape index (κ2) is 6.30. The van der Waals surface area contributed by atoms with Crippen molar-refractivity contribution in [1.29, 1.82) is 0 Å². The quantitative estimate of drug-likeness (QED) is 0.735. The number of rotatable bonds is 4. The molecule has 4 heteroatoms. The Bertz CT molecular complexity index is 324. The molecule has 3 unspecified atom stereocenters. The van der Waals surface area contributed by atoms with Gasteiger partial charge in [-0.05, 0) is 27.7 Å². The topological polar surface area (TPSA) is 21.7 Å². The van der Waals surface area contributed by atoms with E-state index < -0.39 is 0 Å². The highest BCUT2D eigenvalue weighted by Gasteiger charge is 2.38. The lowest BCUT2D eigenvalue weighted by molar-refractivity contribution is -0.940. The van der Waals surface area contributed by atoms with Crippen molar-refractivity contribution in [2.75, 3.05) is 53.0 Å². The van der Waals surface area contributed by atoms with E-state index in [4.69, 9.17) is 9.47 Å². The van der Waals surface area contributed by atoms with Gasteiger partial charge in [0, 0.05) is 25.6 Å². The number of ether oxygens (including phenoxy) is 2. The van der Waals surface area contributed by atoms with Gasteiger partial charge in [-0.15, -0.1) is 0 Å². The van der Waals surface area contributed by atoms with Crippen LogP contribution >= 0.6 is 0 Å². The van der Waals surface area contributed by atoms with Gasteiger partial charge in [0.2, 0.25) is 0 Å². The van der Waals surface area contributed by atoms with Crippen LogP contribution in [0.2, 0.25) is 0 Å². The van der Waals surface area contributed by atoms with Gasteiger partial charge in [-0.2, -0.15) is 0 Å². The van der Waals surface area contributed by atoms with Crippen molar-refractivity contribution in [2.45, 2.75) is 51.8 Å². The molecule has 0 N–H and O–H groups in total. The van der Waals surface area contributed by atoms with E-state index >= 15 is 0 Å². The molecule has 2 rings (SSSR count). The van der Waals surface area contributed by atoms with Crippen LogP contribution in [-0.4, -0.2) is 80.1 Å². The number of likely N-dealkylation sites (N-methyl/N-ethyl adjacent to an activating group) is 1. The number of hydrogen-bond donors (Lipinski definition) is 0. The van der Waals surface area contributed by atoms with Gasteiger partial charge in [-0.3, -0.25) is 4.90 Å². The molecular weight excluding hydrogens is 252 g/mol. The van der Waals surface area contributed by atoms with Gasteiger partial charge in [0.25, 0.3) is 0 Å². The first kappa shape index (κ1) is 16.2. The average molecular weight is 285 g/mol. The van der Waals surface area contributed by atoms with Crippen LogP contribution in [-0.2, 0) is 9.47 Å². The standard InChI is InChI=1S/C16H33N2O2/c1-14(2)17-7-10-20-16(4,13-17)6-8-18(5)9-11-19-12-15(18)3/h14-15H,6-13H2,1-5H3/q+1. The SMILES string of the molecule is CC(C)N1CCOC(C)(CC[N+]2(C)CCOCC2C)C1. The summed E-state index contributed by atoms with van der Waals surface area (Å²) in [4.78, 5) is 2.55. The zero-order valence-corrected chi connectivity index (χ0v) is 14.0. The molecule has 2 fully saturated rings. The molecule has 2 saturated heterocycles. The number of quaternary nitrogens is 1. The van der Waals surface area contributed by atoms with E-state index in [1.807, 2.05) is 0 Å². The van der Waals surface area contributed by atoms with Crippen LogP contribution in [0.3, 0.4) is 0 Å². The summed E-state index contributed by atoms with van der Waals surface area (Å²) in [6.07, 6.45) is 1.14. The number of hydrogen-bond acceptors (Lipinski definition) is 3. The van der Waals surface area contributed by atoms with Crippen molar-refractivity contribution in [3.05, 3.63) is 0 Å². The highest BCUT2D eigenvalue weighted by atomic mass is 16.5. The maximum absolute atomic E-state index is 6.13. The summed E-state index contributed by atoms with van der Waals surface area (Å²) < 4.78 is 12.8. The van der Waals surface area contributed by atoms with Crippen molar-refractivity contribution in [2.24, 2.45) is 0 Å². The third-order valence-electron chi connectivity index (χ3n) is 5.42. The molecule has 0 spiro atoms. The lowest BCUT2D eigenvalue weighted by Crippen LogP contribution is -2.60. The minimum atomic E-state index is 0.0157. The van der Waals surface area contributed by atoms with Gasteiger partial charge in [0.1, 0.15) is 12.6 Å². The summed E-state index contributed by atoms with van der Waals surface area (Å²) in [6, 6.07) is 1.21. The molecule has 0 amide bonds. The molecule has 2 aliphatic heterocycles. The average Bonchev–Trinajstić information content (AvgIpc) is 2.40. The van der Waals surface area contributed by atoms with Crippen LogP contribution in [0, 0.1) is 0 Å². The monoisotopic (exact) mass is 285 g/mol. The Morgan fingerprint density at radius 2 is 2.10 bits per heavy atom. The summed E-state index contributed by atoms with van der Waals surface area (Å²) in [5.74, 6) is 0. The first-order chi connectivity index (χ1) is 9.35. The molecule has 2 aliphatic rings. The molecule has 0 radical (unpaired) electrons. The third-order valence-corrected chi connectivity index (χ3v) is 5.42. The molecule has 2 heterocycles. The predicted octanol–water partition coefficient (Wildman–Crippen LogP) is 1.74. The zero-order valence-electron chi connectivity index (χ0n) is 14.0. The Labute approximate surface area is 124 Å². The smallest absolute Gasteiger partial charge is 0.110 e. The van der Waals surface area contributed by atoms with Gasteiger partial charge in [-0.1, -0.05) is 0 Å². The van der Waals surface area contributed by atoms with Crippen LogP contribution in [0.15, 0.2) is 0 Å². The van der Waals surface area contributed by atoms with Crippen molar-refractivity contribution in [1.82, 2.24) is 4.90 Å². The molecule has 118 valence electrons. The molecule has 3 atom stereocenters. The van der Waals surface area contributed by atoms with Crippen molar-refractivity contribution in [3.8, 4) is 0 Å². The Kier molecular flexibility index (Phi) is 5.11. The van der Waals surface area contributed by atoms with E-state index in [2.05, 4.69) is 39.6 Å². The van der Waals surface area contributed by atoms with Gasteiger partial charge in [-0.25, -0.2) is 0 Å². The van der Waals surface area contributed by atoms with E-state index in [1.165, 1.54) is 6.54 Å². The highest BCUT2D eigenvalue weighted by molar-refractivity contribution is 4.85. The molecule has 4 nitrogen and oxygen atoms in total. The molecular formula is C16H33N2O2+. The lowest BCUT2D eigenvalue weighted by atomic mass is 9.97. The van der Waals surface area contributed by atoms with Crippen LogP contribution in [0.4, 0.5) is 0 Å². The van der Waals surface area contributed by atoms with Crippen LogP contribution in [0.5, 0.6) is 0 Å². The summed E-state index contributed by atoms with van der Waals surface area (Å²) >= 11 is 0. The first-order valence-electron chi connectivity index (χ1n) is 8.15. The van der Waals surface area contributed by atoms with Crippen LogP contribution in [0.1, 0.15) is 34.1 Å². The molecule has 0 aliphatic carbocycles. The predicted molar refractivity (Wildman–Crippen MR) is 81.9 cm³/mol. The van der Waals surface area contributed by atoms with E-state index in [1.54, 1.807) is 0 Å². The lowest BCUT2D eigenvalue weighted by Gasteiger charge is -2.47. The summed E-state index contributed by atoms with van der Waals surface area (Å²) in [5, 5.41) is 0. The molecule has 0 saturated carbocycles. The number of morpholine rings is 2. The normalized spacial score (nSPS) is 40.2. The van der Waals surface area contributed by atoms with Crippen LogP contribution in [0.25, 0.3) is 0 Å². The fourth-order valence-corrected chi connectivity index (χ4v) is 3.31. The van der Waals surface area contributed by atoms with Gasteiger partial charge in [0.15, 0.2) is 0 Å². The highest BCUT2D eigenvalue weighted by Crippen LogP contribution is 2.26. The molecule has 0 aromatic heterocycles. The molecule has 0 aromatic carbocycles. The Hall–Kier alpha value is -0.160. The van der Waals surface area contributed by atoms with Gasteiger partial charge < -0.3 is 14.0 Å². The Morgan fingerprint density at radius 1 is 1.35 bits per heavy atom. The van der Waals surface area contributed by atoms with Crippen molar-refractivity contribution in [3.63, 3.8) is 0 Å². The van der Waals surface area contributed by atoms with Crippen molar-refractivity contribution >= 4 is 0 Å². The van der Waals surface area contributed by atoms with E-state index in [-0.39, 0.29) is 5.60 Å². The minimum Gasteiger partial charge on any atom is -0.372 e. The van der Waals surface area contributed by atoms with E-state index in [0.29, 0.717) is 12.1 Å². The summed E-state index contributed by atoms with van der Waals surface area (Å²) in [5.41, 5.74) is 0.0157. The second-order valence-corrected chi connectivity index (χ2v) is 7.46. The van der Waals surface area contributed by atoms with E-state index in [9.17, 15) is 0 Å². The second-order valence-electron chi connectivity index (χ2n) is 7.46. The van der Waals surface area contributed by atoms with Gasteiger partial charge >= 0.3 is 0 Å². The maximum atomic E-state index is 6.13.